The van der Waals surface area contributed by atoms with Crippen molar-refractivity contribution in [2.45, 2.75) is 69.1 Å². The summed E-state index contributed by atoms with van der Waals surface area (Å²) in [5.74, 6) is 0.703. The first-order valence-electron chi connectivity index (χ1n) is 8.73. The second-order valence-electron chi connectivity index (χ2n) is 7.33. The molecule has 2 fully saturated rings. The highest BCUT2D eigenvalue weighted by Gasteiger charge is 2.43. The average Bonchev–Trinajstić information content (AvgIpc) is 3.19. The van der Waals surface area contributed by atoms with Gasteiger partial charge in [0, 0.05) is 6.04 Å². The van der Waals surface area contributed by atoms with Crippen LogP contribution in [0.25, 0.3) is 0 Å². The molecule has 2 aliphatic carbocycles. The predicted molar refractivity (Wildman–Crippen MR) is 85.4 cm³/mol. The normalized spacial score (nSPS) is 33.7. The first-order valence-corrected chi connectivity index (χ1v) is 8.73. The standard InChI is InChI=1S/C19H27NO/c1-20-18-15(12-14-6-2-3-7-17(14)18)13-16-8-11-19(21-16)9-4-5-10-19/h2-3,6-7,15-16,18,20H,4-5,8-13H2,1H3. The van der Waals surface area contributed by atoms with Gasteiger partial charge in [-0.1, -0.05) is 37.1 Å². The Hall–Kier alpha value is -0.860. The van der Waals surface area contributed by atoms with Crippen LogP contribution in [0.3, 0.4) is 0 Å². The molecule has 2 heteroatoms. The summed E-state index contributed by atoms with van der Waals surface area (Å²) in [7, 11) is 2.10. The Balaban J connectivity index is 1.44. The van der Waals surface area contributed by atoms with E-state index in [4.69, 9.17) is 4.74 Å². The average molecular weight is 285 g/mol. The molecule has 1 spiro atoms. The van der Waals surface area contributed by atoms with Crippen LogP contribution in [0.4, 0.5) is 0 Å². The molecule has 1 heterocycles. The zero-order valence-electron chi connectivity index (χ0n) is 13.1. The van der Waals surface area contributed by atoms with Crippen molar-refractivity contribution in [3.05, 3.63) is 35.4 Å². The van der Waals surface area contributed by atoms with Crippen LogP contribution in [0.1, 0.15) is 62.1 Å². The molecule has 1 N–H and O–H groups in total. The monoisotopic (exact) mass is 285 g/mol. The first kappa shape index (κ1) is 13.8. The van der Waals surface area contributed by atoms with Crippen LogP contribution in [0.5, 0.6) is 0 Å². The summed E-state index contributed by atoms with van der Waals surface area (Å²) in [6, 6.07) is 9.46. The summed E-state index contributed by atoms with van der Waals surface area (Å²) in [5.41, 5.74) is 3.33. The molecule has 0 aromatic heterocycles. The summed E-state index contributed by atoms with van der Waals surface area (Å²) in [5, 5.41) is 3.55. The van der Waals surface area contributed by atoms with Crippen LogP contribution in [0.15, 0.2) is 24.3 Å². The van der Waals surface area contributed by atoms with E-state index in [-0.39, 0.29) is 5.60 Å². The van der Waals surface area contributed by atoms with Crippen LogP contribution < -0.4 is 5.32 Å². The lowest BCUT2D eigenvalue weighted by atomic mass is 9.92. The summed E-state index contributed by atoms with van der Waals surface area (Å²) >= 11 is 0. The number of ether oxygens (including phenoxy) is 1. The number of hydrogen-bond acceptors (Lipinski definition) is 2. The van der Waals surface area contributed by atoms with E-state index in [2.05, 4.69) is 36.6 Å². The van der Waals surface area contributed by atoms with Gasteiger partial charge in [-0.2, -0.15) is 0 Å². The van der Waals surface area contributed by atoms with Crippen LogP contribution in [0, 0.1) is 5.92 Å². The maximum atomic E-state index is 6.54. The molecule has 0 bridgehead atoms. The van der Waals surface area contributed by atoms with E-state index in [1.807, 2.05) is 0 Å². The van der Waals surface area contributed by atoms with Gasteiger partial charge in [0.2, 0.25) is 0 Å². The summed E-state index contributed by atoms with van der Waals surface area (Å²) < 4.78 is 6.54. The van der Waals surface area contributed by atoms with Crippen LogP contribution in [0.2, 0.25) is 0 Å². The van der Waals surface area contributed by atoms with Crippen molar-refractivity contribution in [1.29, 1.82) is 0 Å². The Labute approximate surface area is 128 Å². The summed E-state index contributed by atoms with van der Waals surface area (Å²) in [6.45, 7) is 0. The Morgan fingerprint density at radius 2 is 2.00 bits per heavy atom. The zero-order chi connectivity index (χ0) is 14.3. The minimum absolute atomic E-state index is 0.283. The van der Waals surface area contributed by atoms with Gasteiger partial charge in [0.15, 0.2) is 0 Å². The first-order chi connectivity index (χ1) is 10.3. The molecule has 1 saturated carbocycles. The van der Waals surface area contributed by atoms with Crippen molar-refractivity contribution < 1.29 is 4.74 Å². The molecule has 1 aliphatic heterocycles. The molecule has 1 saturated heterocycles. The Morgan fingerprint density at radius 1 is 1.19 bits per heavy atom. The minimum atomic E-state index is 0.283. The van der Waals surface area contributed by atoms with E-state index in [1.165, 1.54) is 62.5 Å². The third kappa shape index (κ3) is 2.43. The van der Waals surface area contributed by atoms with Gasteiger partial charge in [0.05, 0.1) is 11.7 Å². The third-order valence-corrected chi connectivity index (χ3v) is 6.07. The van der Waals surface area contributed by atoms with E-state index in [0.29, 0.717) is 18.1 Å². The summed E-state index contributed by atoms with van der Waals surface area (Å²) in [4.78, 5) is 0. The highest BCUT2D eigenvalue weighted by Crippen LogP contribution is 2.46. The quantitative estimate of drug-likeness (QED) is 0.906. The van der Waals surface area contributed by atoms with Gasteiger partial charge in [-0.15, -0.1) is 0 Å². The Kier molecular flexibility index (Phi) is 3.55. The van der Waals surface area contributed by atoms with Crippen molar-refractivity contribution in [2.24, 2.45) is 5.92 Å². The number of benzene rings is 1. The molecule has 114 valence electrons. The SMILES string of the molecule is CNC1c2ccccc2CC1CC1CCC2(CCCC2)O1. The van der Waals surface area contributed by atoms with Crippen LogP contribution in [-0.2, 0) is 11.2 Å². The lowest BCUT2D eigenvalue weighted by molar-refractivity contribution is -0.0452. The van der Waals surface area contributed by atoms with E-state index in [1.54, 1.807) is 0 Å². The smallest absolute Gasteiger partial charge is 0.0687 e. The molecule has 4 rings (SSSR count). The van der Waals surface area contributed by atoms with Crippen molar-refractivity contribution in [3.8, 4) is 0 Å². The fraction of sp³-hybridized carbons (Fsp3) is 0.684. The number of hydrogen-bond donors (Lipinski definition) is 1. The second kappa shape index (κ2) is 5.40. The molecular formula is C19H27NO. The third-order valence-electron chi connectivity index (χ3n) is 6.07. The van der Waals surface area contributed by atoms with Gasteiger partial charge in [0.25, 0.3) is 0 Å². The highest BCUT2D eigenvalue weighted by atomic mass is 16.5. The molecule has 3 atom stereocenters. The fourth-order valence-corrected chi connectivity index (χ4v) is 5.07. The van der Waals surface area contributed by atoms with Gasteiger partial charge in [-0.25, -0.2) is 0 Å². The summed E-state index contributed by atoms with van der Waals surface area (Å²) in [6.07, 6.45) is 10.9. The maximum Gasteiger partial charge on any atom is 0.0687 e. The van der Waals surface area contributed by atoms with Crippen molar-refractivity contribution in [1.82, 2.24) is 5.32 Å². The predicted octanol–water partition coefficient (Wildman–Crippen LogP) is 4.00. The topological polar surface area (TPSA) is 21.3 Å². The number of fused-ring (bicyclic) bond motifs is 1. The van der Waals surface area contributed by atoms with Crippen molar-refractivity contribution >= 4 is 0 Å². The maximum absolute atomic E-state index is 6.54. The number of nitrogens with one attached hydrogen (secondary N) is 1. The van der Waals surface area contributed by atoms with Gasteiger partial charge >= 0.3 is 0 Å². The van der Waals surface area contributed by atoms with Crippen molar-refractivity contribution in [2.75, 3.05) is 7.05 Å². The molecular weight excluding hydrogens is 258 g/mol. The Bertz CT molecular complexity index is 506. The van der Waals surface area contributed by atoms with Crippen LogP contribution in [-0.4, -0.2) is 18.8 Å². The Morgan fingerprint density at radius 3 is 2.81 bits per heavy atom. The van der Waals surface area contributed by atoms with Crippen LogP contribution >= 0.6 is 0 Å². The van der Waals surface area contributed by atoms with E-state index < -0.39 is 0 Å². The lowest BCUT2D eigenvalue weighted by Crippen LogP contribution is -2.28. The fourth-order valence-electron chi connectivity index (χ4n) is 5.07. The zero-order valence-corrected chi connectivity index (χ0v) is 13.1. The molecule has 3 aliphatic rings. The number of rotatable bonds is 3. The molecule has 2 nitrogen and oxygen atoms in total. The van der Waals surface area contributed by atoms with E-state index in [9.17, 15) is 0 Å². The lowest BCUT2D eigenvalue weighted by Gasteiger charge is -2.27. The van der Waals surface area contributed by atoms with E-state index in [0.717, 1.165) is 0 Å². The largest absolute Gasteiger partial charge is 0.372 e. The van der Waals surface area contributed by atoms with Gasteiger partial charge in [-0.05, 0) is 62.6 Å². The van der Waals surface area contributed by atoms with Crippen molar-refractivity contribution in [3.63, 3.8) is 0 Å². The van der Waals surface area contributed by atoms with Gasteiger partial charge in [0.1, 0.15) is 0 Å². The van der Waals surface area contributed by atoms with Gasteiger partial charge < -0.3 is 10.1 Å². The molecule has 0 amide bonds. The van der Waals surface area contributed by atoms with Gasteiger partial charge in [-0.3, -0.25) is 0 Å². The molecule has 1 aromatic carbocycles. The van der Waals surface area contributed by atoms with E-state index >= 15 is 0 Å². The molecule has 0 radical (unpaired) electrons. The highest BCUT2D eigenvalue weighted by molar-refractivity contribution is 5.35. The molecule has 3 unspecified atom stereocenters. The molecule has 1 aromatic rings. The second-order valence-corrected chi connectivity index (χ2v) is 7.33. The minimum Gasteiger partial charge on any atom is -0.372 e. The molecule has 21 heavy (non-hydrogen) atoms.